The molecule has 0 unspecified atom stereocenters. The average molecular weight is 246 g/mol. The van der Waals surface area contributed by atoms with E-state index in [0.717, 1.165) is 5.57 Å². The van der Waals surface area contributed by atoms with Gasteiger partial charge in [0.05, 0.1) is 12.8 Å². The molecule has 1 N–H and O–H groups in total. The Labute approximate surface area is 105 Å². The number of hydrogen-bond donors (Lipinski definition) is 1. The van der Waals surface area contributed by atoms with E-state index in [-0.39, 0.29) is 5.84 Å². The number of anilines is 1. The molecule has 1 heterocycles. The predicted octanol–water partition coefficient (Wildman–Crippen LogP) is 2.92. The van der Waals surface area contributed by atoms with E-state index in [4.69, 9.17) is 14.9 Å². The topological polar surface area (TPSA) is 62.6 Å². The number of carbonyl (C=O) groups excluding carboxylic acids is 1. The quantitative estimate of drug-likeness (QED) is 0.872. The SMILES string of the molecule is COc1ccc(N2C(=N)C(=C(C)C)OC2=O)cc1. The lowest BCUT2D eigenvalue weighted by Crippen LogP contribution is -2.27. The van der Waals surface area contributed by atoms with Crippen LogP contribution in [0.3, 0.4) is 0 Å². The molecule has 1 aromatic carbocycles. The Morgan fingerprint density at radius 1 is 1.28 bits per heavy atom. The second kappa shape index (κ2) is 4.52. The summed E-state index contributed by atoms with van der Waals surface area (Å²) in [5.74, 6) is 1.07. The average Bonchev–Trinajstić information content (AvgIpc) is 2.65. The first-order chi connectivity index (χ1) is 8.54. The second-order valence-electron chi connectivity index (χ2n) is 4.08. The van der Waals surface area contributed by atoms with Crippen molar-refractivity contribution >= 4 is 17.6 Å². The normalized spacial score (nSPS) is 14.8. The van der Waals surface area contributed by atoms with Gasteiger partial charge in [-0.3, -0.25) is 5.41 Å². The molecule has 1 aliphatic rings. The van der Waals surface area contributed by atoms with Crippen molar-refractivity contribution in [2.75, 3.05) is 12.0 Å². The minimum Gasteiger partial charge on any atom is -0.497 e. The smallest absolute Gasteiger partial charge is 0.425 e. The van der Waals surface area contributed by atoms with Gasteiger partial charge in [0.25, 0.3) is 0 Å². The molecule has 18 heavy (non-hydrogen) atoms. The Morgan fingerprint density at radius 3 is 2.33 bits per heavy atom. The Hall–Kier alpha value is -2.30. The van der Waals surface area contributed by atoms with Gasteiger partial charge in [-0.15, -0.1) is 0 Å². The highest BCUT2D eigenvalue weighted by Crippen LogP contribution is 2.27. The van der Waals surface area contributed by atoms with Crippen LogP contribution in [-0.4, -0.2) is 19.0 Å². The lowest BCUT2D eigenvalue weighted by Gasteiger charge is -2.12. The van der Waals surface area contributed by atoms with E-state index in [1.54, 1.807) is 45.2 Å². The van der Waals surface area contributed by atoms with E-state index >= 15 is 0 Å². The van der Waals surface area contributed by atoms with Crippen LogP contribution in [0.15, 0.2) is 35.6 Å². The van der Waals surface area contributed by atoms with Crippen molar-refractivity contribution in [3.8, 4) is 5.75 Å². The summed E-state index contributed by atoms with van der Waals surface area (Å²) in [5.41, 5.74) is 1.38. The van der Waals surface area contributed by atoms with E-state index in [1.165, 1.54) is 4.90 Å². The first-order valence-electron chi connectivity index (χ1n) is 5.47. The summed E-state index contributed by atoms with van der Waals surface area (Å²) in [6, 6.07) is 6.89. The molecule has 1 aromatic rings. The summed E-state index contributed by atoms with van der Waals surface area (Å²) in [5, 5.41) is 7.95. The monoisotopic (exact) mass is 246 g/mol. The maximum atomic E-state index is 11.8. The number of benzene rings is 1. The van der Waals surface area contributed by atoms with Crippen molar-refractivity contribution in [2.45, 2.75) is 13.8 Å². The fraction of sp³-hybridized carbons (Fsp3) is 0.231. The summed E-state index contributed by atoms with van der Waals surface area (Å²) in [6.45, 7) is 3.60. The van der Waals surface area contributed by atoms with Gasteiger partial charge in [-0.05, 0) is 43.7 Å². The zero-order valence-corrected chi connectivity index (χ0v) is 10.5. The van der Waals surface area contributed by atoms with Gasteiger partial charge in [0.1, 0.15) is 5.75 Å². The van der Waals surface area contributed by atoms with Crippen LogP contribution < -0.4 is 9.64 Å². The number of nitrogens with one attached hydrogen (secondary N) is 1. The van der Waals surface area contributed by atoms with Gasteiger partial charge in [0.2, 0.25) is 0 Å². The Kier molecular flexibility index (Phi) is 3.06. The van der Waals surface area contributed by atoms with Gasteiger partial charge in [0.15, 0.2) is 11.6 Å². The number of amides is 1. The minimum absolute atomic E-state index is 0.0603. The molecule has 2 rings (SSSR count). The molecule has 0 aliphatic carbocycles. The molecule has 5 nitrogen and oxygen atoms in total. The zero-order chi connectivity index (χ0) is 13.3. The van der Waals surface area contributed by atoms with Gasteiger partial charge in [-0.2, -0.15) is 0 Å². The zero-order valence-electron chi connectivity index (χ0n) is 10.5. The minimum atomic E-state index is -0.554. The number of nitrogens with zero attached hydrogens (tertiary/aromatic N) is 1. The molecular formula is C13H14N2O3. The maximum absolute atomic E-state index is 11.8. The summed E-state index contributed by atoms with van der Waals surface area (Å²) < 4.78 is 10.1. The van der Waals surface area contributed by atoms with Crippen molar-refractivity contribution < 1.29 is 14.3 Å². The van der Waals surface area contributed by atoms with E-state index in [1.807, 2.05) is 0 Å². The van der Waals surface area contributed by atoms with Crippen molar-refractivity contribution in [2.24, 2.45) is 0 Å². The molecule has 0 atom stereocenters. The van der Waals surface area contributed by atoms with E-state index < -0.39 is 6.09 Å². The highest BCUT2D eigenvalue weighted by atomic mass is 16.6. The van der Waals surface area contributed by atoms with Crippen LogP contribution in [0.1, 0.15) is 13.8 Å². The van der Waals surface area contributed by atoms with Crippen LogP contribution in [0.25, 0.3) is 0 Å². The van der Waals surface area contributed by atoms with Gasteiger partial charge in [0, 0.05) is 0 Å². The third-order valence-electron chi connectivity index (χ3n) is 2.60. The highest BCUT2D eigenvalue weighted by molar-refractivity contribution is 6.24. The van der Waals surface area contributed by atoms with Crippen molar-refractivity contribution in [3.63, 3.8) is 0 Å². The maximum Gasteiger partial charge on any atom is 0.425 e. The molecule has 94 valence electrons. The molecule has 0 radical (unpaired) electrons. The molecule has 0 spiro atoms. The number of rotatable bonds is 2. The number of methoxy groups -OCH3 is 1. The van der Waals surface area contributed by atoms with Gasteiger partial charge < -0.3 is 9.47 Å². The fourth-order valence-corrected chi connectivity index (χ4v) is 1.68. The molecule has 0 aromatic heterocycles. The molecule has 1 amide bonds. The first-order valence-corrected chi connectivity index (χ1v) is 5.47. The second-order valence-corrected chi connectivity index (χ2v) is 4.08. The molecule has 1 aliphatic heterocycles. The number of hydrogen-bond acceptors (Lipinski definition) is 4. The standard InChI is InChI=1S/C13H14N2O3/c1-8(2)11-12(14)15(13(16)18-11)9-4-6-10(17-3)7-5-9/h4-7,14H,1-3H3. The van der Waals surface area contributed by atoms with E-state index in [0.29, 0.717) is 17.2 Å². The van der Waals surface area contributed by atoms with Crippen molar-refractivity contribution in [3.05, 3.63) is 35.6 Å². The summed E-state index contributed by atoms with van der Waals surface area (Å²) in [6.07, 6.45) is -0.554. The molecular weight excluding hydrogens is 232 g/mol. The van der Waals surface area contributed by atoms with Crippen molar-refractivity contribution in [1.29, 1.82) is 5.41 Å². The van der Waals surface area contributed by atoms with Crippen LogP contribution in [0.2, 0.25) is 0 Å². The fourth-order valence-electron chi connectivity index (χ4n) is 1.68. The Bertz CT molecular complexity index is 528. The number of allylic oxidation sites excluding steroid dienone is 1. The molecule has 1 fully saturated rings. The molecule has 5 heteroatoms. The van der Waals surface area contributed by atoms with Gasteiger partial charge in [-0.25, -0.2) is 9.69 Å². The Morgan fingerprint density at radius 2 is 1.89 bits per heavy atom. The third-order valence-corrected chi connectivity index (χ3v) is 2.60. The van der Waals surface area contributed by atoms with Gasteiger partial charge >= 0.3 is 6.09 Å². The first kappa shape index (κ1) is 12.2. The third kappa shape index (κ3) is 1.95. The lowest BCUT2D eigenvalue weighted by molar-refractivity contribution is 0.198. The van der Waals surface area contributed by atoms with Crippen LogP contribution in [0, 0.1) is 5.41 Å². The van der Waals surface area contributed by atoms with Crippen molar-refractivity contribution in [1.82, 2.24) is 0 Å². The molecule has 0 bridgehead atoms. The van der Waals surface area contributed by atoms with Crippen LogP contribution >= 0.6 is 0 Å². The number of cyclic esters (lactones) is 1. The van der Waals surface area contributed by atoms with Gasteiger partial charge in [-0.1, -0.05) is 0 Å². The van der Waals surface area contributed by atoms with Crippen LogP contribution in [0.5, 0.6) is 5.75 Å². The predicted molar refractivity (Wildman–Crippen MR) is 68.1 cm³/mol. The number of carbonyl (C=O) groups is 1. The molecule has 1 saturated heterocycles. The lowest BCUT2D eigenvalue weighted by atomic mass is 10.2. The summed E-state index contributed by atoms with van der Waals surface area (Å²) >= 11 is 0. The molecule has 0 saturated carbocycles. The van der Waals surface area contributed by atoms with Crippen LogP contribution in [-0.2, 0) is 4.74 Å². The Balaban J connectivity index is 2.36. The van der Waals surface area contributed by atoms with E-state index in [2.05, 4.69) is 0 Å². The summed E-state index contributed by atoms with van der Waals surface area (Å²) in [4.78, 5) is 13.0. The highest BCUT2D eigenvalue weighted by Gasteiger charge is 2.35. The number of amidine groups is 1. The van der Waals surface area contributed by atoms with E-state index in [9.17, 15) is 4.79 Å². The van der Waals surface area contributed by atoms with Crippen LogP contribution in [0.4, 0.5) is 10.5 Å². The summed E-state index contributed by atoms with van der Waals surface area (Å²) in [7, 11) is 1.57. The largest absolute Gasteiger partial charge is 0.497 e. The number of ether oxygens (including phenoxy) is 2.